The highest BCUT2D eigenvalue weighted by atomic mass is 35.5. The van der Waals surface area contributed by atoms with Crippen LogP contribution in [0.2, 0.25) is 0 Å². The van der Waals surface area contributed by atoms with Gasteiger partial charge in [0.1, 0.15) is 4.90 Å². The van der Waals surface area contributed by atoms with Crippen molar-refractivity contribution in [3.8, 4) is 0 Å². The number of fused-ring (bicyclic) bond motifs is 1. The maximum atomic E-state index is 12.5. The summed E-state index contributed by atoms with van der Waals surface area (Å²) in [5, 5.41) is 4.06. The van der Waals surface area contributed by atoms with Crippen molar-refractivity contribution in [2.24, 2.45) is 0 Å². The van der Waals surface area contributed by atoms with Crippen molar-refractivity contribution < 1.29 is 8.42 Å². The molecule has 0 aliphatic carbocycles. The second-order valence-electron chi connectivity index (χ2n) is 4.98. The number of rotatable bonds is 3. The molecule has 2 heterocycles. The zero-order valence-electron chi connectivity index (χ0n) is 11.5. The zero-order chi connectivity index (χ0) is 14.0. The van der Waals surface area contributed by atoms with Crippen LogP contribution in [0.3, 0.4) is 0 Å². The fourth-order valence-electron chi connectivity index (χ4n) is 2.52. The molecule has 2 N–H and O–H groups in total. The van der Waals surface area contributed by atoms with Crippen LogP contribution < -0.4 is 10.0 Å². The number of aromatic nitrogens is 1. The van der Waals surface area contributed by atoms with Gasteiger partial charge in [-0.05, 0) is 38.1 Å². The summed E-state index contributed by atoms with van der Waals surface area (Å²) < 4.78 is 27.9. The van der Waals surface area contributed by atoms with Gasteiger partial charge in [-0.15, -0.1) is 12.4 Å². The number of pyridine rings is 1. The minimum absolute atomic E-state index is 0. The average Bonchev–Trinajstić information content (AvgIpc) is 2.47. The van der Waals surface area contributed by atoms with Crippen LogP contribution in [0.4, 0.5) is 0 Å². The Morgan fingerprint density at radius 2 is 1.86 bits per heavy atom. The number of sulfonamides is 1. The van der Waals surface area contributed by atoms with Crippen molar-refractivity contribution in [1.29, 1.82) is 0 Å². The average molecular weight is 328 g/mol. The smallest absolute Gasteiger partial charge is 0.242 e. The summed E-state index contributed by atoms with van der Waals surface area (Å²) >= 11 is 0. The fraction of sp³-hybridized carbons (Fsp3) is 0.357. The molecule has 0 bridgehead atoms. The number of nitrogens with one attached hydrogen (secondary N) is 2. The molecule has 3 rings (SSSR count). The van der Waals surface area contributed by atoms with E-state index in [2.05, 4.69) is 15.0 Å². The third-order valence-electron chi connectivity index (χ3n) is 3.55. The molecule has 7 heteroatoms. The van der Waals surface area contributed by atoms with Crippen LogP contribution in [0.1, 0.15) is 12.8 Å². The molecule has 1 saturated heterocycles. The van der Waals surface area contributed by atoms with Gasteiger partial charge in [-0.25, -0.2) is 13.1 Å². The van der Waals surface area contributed by atoms with E-state index in [1.54, 1.807) is 24.4 Å². The summed E-state index contributed by atoms with van der Waals surface area (Å²) in [7, 11) is -3.53. The molecule has 1 fully saturated rings. The summed E-state index contributed by atoms with van der Waals surface area (Å²) in [6.45, 7) is 1.70. The van der Waals surface area contributed by atoms with E-state index in [-0.39, 0.29) is 23.3 Å². The molecule has 114 valence electrons. The maximum Gasteiger partial charge on any atom is 0.242 e. The SMILES string of the molecule is Cl.O=S(=O)(NC1CCNCC1)c1cccc2cccnc12. The van der Waals surface area contributed by atoms with E-state index in [1.807, 2.05) is 12.1 Å². The van der Waals surface area contributed by atoms with Gasteiger partial charge in [0.2, 0.25) is 10.0 Å². The molecule has 1 aliphatic rings. The predicted molar refractivity (Wildman–Crippen MR) is 85.2 cm³/mol. The Morgan fingerprint density at radius 3 is 2.62 bits per heavy atom. The quantitative estimate of drug-likeness (QED) is 0.900. The highest BCUT2D eigenvalue weighted by molar-refractivity contribution is 7.89. The first-order chi connectivity index (χ1) is 9.67. The number of halogens is 1. The van der Waals surface area contributed by atoms with E-state index in [4.69, 9.17) is 0 Å². The van der Waals surface area contributed by atoms with Gasteiger partial charge in [0, 0.05) is 17.6 Å². The van der Waals surface area contributed by atoms with Gasteiger partial charge < -0.3 is 5.32 Å². The van der Waals surface area contributed by atoms with E-state index in [9.17, 15) is 8.42 Å². The van der Waals surface area contributed by atoms with Gasteiger partial charge in [-0.3, -0.25) is 4.98 Å². The lowest BCUT2D eigenvalue weighted by atomic mass is 10.1. The van der Waals surface area contributed by atoms with Crippen molar-refractivity contribution in [3.63, 3.8) is 0 Å². The third kappa shape index (κ3) is 3.52. The lowest BCUT2D eigenvalue weighted by Gasteiger charge is -2.23. The summed E-state index contributed by atoms with van der Waals surface area (Å²) in [5.74, 6) is 0. The van der Waals surface area contributed by atoms with E-state index in [0.717, 1.165) is 31.3 Å². The molecule has 0 radical (unpaired) electrons. The molecular formula is C14H18ClN3O2S. The standard InChI is InChI=1S/C14H17N3O2S.ClH/c18-20(19,17-12-6-9-15-10-7-12)13-5-1-3-11-4-2-8-16-14(11)13;/h1-5,8,12,15,17H,6-7,9-10H2;1H. The van der Waals surface area contributed by atoms with E-state index < -0.39 is 10.0 Å². The van der Waals surface area contributed by atoms with E-state index in [0.29, 0.717) is 5.52 Å². The van der Waals surface area contributed by atoms with Gasteiger partial charge >= 0.3 is 0 Å². The first-order valence-corrected chi connectivity index (χ1v) is 8.22. The molecule has 0 amide bonds. The molecule has 0 unspecified atom stereocenters. The molecule has 1 aliphatic heterocycles. The molecule has 1 aromatic carbocycles. The summed E-state index contributed by atoms with van der Waals surface area (Å²) in [6, 6.07) is 8.90. The topological polar surface area (TPSA) is 71.1 Å². The minimum atomic E-state index is -3.53. The molecule has 0 atom stereocenters. The molecule has 1 aromatic heterocycles. The third-order valence-corrected chi connectivity index (χ3v) is 5.10. The molecular weight excluding hydrogens is 310 g/mol. The lowest BCUT2D eigenvalue weighted by molar-refractivity contribution is 0.427. The van der Waals surface area contributed by atoms with E-state index >= 15 is 0 Å². The number of hydrogen-bond donors (Lipinski definition) is 2. The summed E-state index contributed by atoms with van der Waals surface area (Å²) in [6.07, 6.45) is 3.25. The first kappa shape index (κ1) is 16.2. The number of piperidine rings is 1. The van der Waals surface area contributed by atoms with Crippen LogP contribution in [0.5, 0.6) is 0 Å². The van der Waals surface area contributed by atoms with Crippen molar-refractivity contribution in [3.05, 3.63) is 36.5 Å². The van der Waals surface area contributed by atoms with Crippen molar-refractivity contribution in [1.82, 2.24) is 15.0 Å². The summed E-state index contributed by atoms with van der Waals surface area (Å²) in [4.78, 5) is 4.47. The Bertz CT molecular complexity index is 710. The molecule has 21 heavy (non-hydrogen) atoms. The van der Waals surface area contributed by atoms with Crippen LogP contribution in [0.15, 0.2) is 41.4 Å². The predicted octanol–water partition coefficient (Wildman–Crippen LogP) is 1.69. The Balaban J connectivity index is 0.00000161. The van der Waals surface area contributed by atoms with Crippen molar-refractivity contribution >= 4 is 33.3 Å². The number of nitrogens with zero attached hydrogens (tertiary/aromatic N) is 1. The minimum Gasteiger partial charge on any atom is -0.317 e. The van der Waals surface area contributed by atoms with Crippen LogP contribution in [0.25, 0.3) is 10.9 Å². The summed E-state index contributed by atoms with van der Waals surface area (Å²) in [5.41, 5.74) is 0.524. The highest BCUT2D eigenvalue weighted by Gasteiger charge is 2.23. The van der Waals surface area contributed by atoms with Gasteiger partial charge in [0.15, 0.2) is 0 Å². The van der Waals surface area contributed by atoms with Gasteiger partial charge in [-0.2, -0.15) is 0 Å². The second-order valence-corrected chi connectivity index (χ2v) is 6.66. The monoisotopic (exact) mass is 327 g/mol. The Labute approximate surface area is 130 Å². The van der Waals surface area contributed by atoms with Crippen LogP contribution in [0, 0.1) is 0 Å². The first-order valence-electron chi connectivity index (χ1n) is 6.74. The van der Waals surface area contributed by atoms with Crippen molar-refractivity contribution in [2.75, 3.05) is 13.1 Å². The Hall–Kier alpha value is -1.21. The zero-order valence-corrected chi connectivity index (χ0v) is 13.1. The Kier molecular flexibility index (Phi) is 5.16. The Morgan fingerprint density at radius 1 is 1.14 bits per heavy atom. The maximum absolute atomic E-state index is 12.5. The number of benzene rings is 1. The van der Waals surface area contributed by atoms with E-state index in [1.165, 1.54) is 0 Å². The van der Waals surface area contributed by atoms with Crippen molar-refractivity contribution in [2.45, 2.75) is 23.8 Å². The second kappa shape index (κ2) is 6.70. The van der Waals surface area contributed by atoms with Crippen LogP contribution >= 0.6 is 12.4 Å². The number of hydrogen-bond acceptors (Lipinski definition) is 4. The highest BCUT2D eigenvalue weighted by Crippen LogP contribution is 2.21. The van der Waals surface area contributed by atoms with Crippen LogP contribution in [-0.4, -0.2) is 32.5 Å². The largest absolute Gasteiger partial charge is 0.317 e. The molecule has 0 spiro atoms. The molecule has 5 nitrogen and oxygen atoms in total. The van der Waals surface area contributed by atoms with Gasteiger partial charge in [0.25, 0.3) is 0 Å². The van der Waals surface area contributed by atoms with Gasteiger partial charge in [0.05, 0.1) is 5.52 Å². The molecule has 2 aromatic rings. The van der Waals surface area contributed by atoms with Gasteiger partial charge in [-0.1, -0.05) is 18.2 Å². The lowest BCUT2D eigenvalue weighted by Crippen LogP contribution is -2.42. The fourth-order valence-corrected chi connectivity index (χ4v) is 4.00. The van der Waals surface area contributed by atoms with Crippen LogP contribution in [-0.2, 0) is 10.0 Å². The normalized spacial score (nSPS) is 16.6. The molecule has 0 saturated carbocycles. The number of para-hydroxylation sites is 1.